The fraction of sp³-hybridized carbons (Fsp3) is 0.513. The smallest absolute Gasteiger partial charge is 0.338 e. The maximum atomic E-state index is 14.5. The van der Waals surface area contributed by atoms with Gasteiger partial charge in [0, 0.05) is 13.1 Å². The van der Waals surface area contributed by atoms with Crippen LogP contribution in [0.25, 0.3) is 11.2 Å². The number of esters is 2. The minimum atomic E-state index is -3.36. The number of hydrogen-bond donors (Lipinski definition) is 3. The van der Waals surface area contributed by atoms with E-state index in [4.69, 9.17) is 19.9 Å². The van der Waals surface area contributed by atoms with Crippen LogP contribution in [-0.4, -0.2) is 70.2 Å². The lowest BCUT2D eigenvalue weighted by Gasteiger charge is -2.24. The number of ether oxygens (including phenoxy) is 3. The average Bonchev–Trinajstić information content (AvgIpc) is 3.58. The van der Waals surface area contributed by atoms with Crippen LogP contribution in [0.3, 0.4) is 0 Å². The van der Waals surface area contributed by atoms with Gasteiger partial charge in [-0.2, -0.15) is 0 Å². The van der Waals surface area contributed by atoms with Crippen LogP contribution in [0.15, 0.2) is 61.2 Å². The summed E-state index contributed by atoms with van der Waals surface area (Å²) < 4.78 is 33.8. The maximum Gasteiger partial charge on any atom is 0.338 e. The summed E-state index contributed by atoms with van der Waals surface area (Å²) in [6.07, 6.45) is 7.17. The molecule has 0 radical (unpaired) electrons. The van der Waals surface area contributed by atoms with Crippen LogP contribution in [0.4, 0.5) is 5.82 Å². The van der Waals surface area contributed by atoms with E-state index >= 15 is 0 Å². The number of carbonyl (C=O) groups is 2. The number of anilines is 1. The van der Waals surface area contributed by atoms with Gasteiger partial charge < -0.3 is 24.5 Å². The summed E-state index contributed by atoms with van der Waals surface area (Å²) in [5, 5.41) is 6.44. The molecule has 2 heterocycles. The van der Waals surface area contributed by atoms with E-state index in [-0.39, 0.29) is 24.4 Å². The normalized spacial score (nSPS) is 12.4. The number of nitrogen functional groups attached to an aromatic ring is 1. The molecule has 0 amide bonds. The fourth-order valence-corrected chi connectivity index (χ4v) is 7.65. The zero-order valence-corrected chi connectivity index (χ0v) is 32.6. The van der Waals surface area contributed by atoms with Crippen molar-refractivity contribution < 1.29 is 28.4 Å². The lowest BCUT2D eigenvalue weighted by molar-refractivity contribution is 0.0423. The monoisotopic (exact) mass is 749 g/mol. The molecule has 4 N–H and O–H groups in total. The summed E-state index contributed by atoms with van der Waals surface area (Å²) in [7, 11) is -3.36. The van der Waals surface area contributed by atoms with E-state index in [1.165, 1.54) is 6.33 Å². The Morgan fingerprint density at radius 3 is 1.81 bits per heavy atom. The van der Waals surface area contributed by atoms with Gasteiger partial charge in [-0.3, -0.25) is 14.7 Å². The second-order valence-corrected chi connectivity index (χ2v) is 15.7. The number of hydrogen-bond acceptors (Lipinski definition) is 10. The maximum absolute atomic E-state index is 14.5. The number of carbonyl (C=O) groups excluding carboxylic acids is 2. The highest BCUT2D eigenvalue weighted by Crippen LogP contribution is 2.36. The summed E-state index contributed by atoms with van der Waals surface area (Å²) in [5.41, 5.74) is 9.64. The molecule has 0 bridgehead atoms. The van der Waals surface area contributed by atoms with Gasteiger partial charge >= 0.3 is 11.9 Å². The van der Waals surface area contributed by atoms with Gasteiger partial charge in [0.15, 0.2) is 11.5 Å². The molecule has 2 aromatic carbocycles. The third kappa shape index (κ3) is 12.2. The first-order valence-electron chi connectivity index (χ1n) is 18.7. The molecule has 0 aliphatic rings. The van der Waals surface area contributed by atoms with Gasteiger partial charge in [-0.05, 0) is 54.9 Å². The van der Waals surface area contributed by atoms with Gasteiger partial charge in [-0.25, -0.2) is 24.5 Å². The van der Waals surface area contributed by atoms with Crippen molar-refractivity contribution in [2.75, 3.05) is 38.4 Å². The molecule has 13 nitrogen and oxygen atoms in total. The standard InChI is InChI=1S/C39H56N7O6P/c1-6-29(7-2)23-50-38(47)33-16-12-10-14-31(33)18-20-44-53(49,27-52-28(5)22-46-26-43-35-36(40)41-25-42-37(35)46)45-21-19-32-15-11-13-17-34(32)39(48)51-24-30(8-3)9-4/h10-17,25-26,28-30H,6-9,18-24,27H2,1-5H3,(H2,40,41,42)(H2,44,45,49)/t28-/m1/s1. The zero-order chi connectivity index (χ0) is 38.2. The molecule has 53 heavy (non-hydrogen) atoms. The van der Waals surface area contributed by atoms with Crippen molar-refractivity contribution in [2.45, 2.75) is 85.8 Å². The quantitative estimate of drug-likeness (QED) is 0.0535. The molecule has 0 spiro atoms. The SMILES string of the molecule is CCC(CC)COC(=O)c1ccccc1CCNP(=O)(CO[C@H](C)Cn1cnc2c(N)ncnc21)NCCc1ccccc1C(=O)OCC(CC)CC. The molecule has 288 valence electrons. The molecule has 0 saturated heterocycles. The first kappa shape index (κ1) is 41.6. The molecule has 2 aromatic heterocycles. The second-order valence-electron chi connectivity index (χ2n) is 13.4. The molecule has 4 rings (SSSR count). The molecule has 14 heteroatoms. The van der Waals surface area contributed by atoms with Crippen molar-refractivity contribution in [3.8, 4) is 0 Å². The van der Waals surface area contributed by atoms with E-state index in [1.807, 2.05) is 47.9 Å². The summed E-state index contributed by atoms with van der Waals surface area (Å²) in [6, 6.07) is 14.7. The topological polar surface area (TPSA) is 173 Å². The summed E-state index contributed by atoms with van der Waals surface area (Å²) in [4.78, 5) is 38.7. The third-order valence-corrected chi connectivity index (χ3v) is 11.6. The van der Waals surface area contributed by atoms with Gasteiger partial charge in [-0.1, -0.05) is 89.8 Å². The highest BCUT2D eigenvalue weighted by molar-refractivity contribution is 7.59. The van der Waals surface area contributed by atoms with Crippen LogP contribution in [-0.2, 0) is 38.2 Å². The lowest BCUT2D eigenvalue weighted by atomic mass is 10.0. The first-order valence-corrected chi connectivity index (χ1v) is 20.6. The highest BCUT2D eigenvalue weighted by atomic mass is 31.2. The van der Waals surface area contributed by atoms with Gasteiger partial charge in [-0.15, -0.1) is 0 Å². The van der Waals surface area contributed by atoms with Crippen LogP contribution < -0.4 is 15.9 Å². The van der Waals surface area contributed by atoms with E-state index < -0.39 is 7.44 Å². The number of imidazole rings is 1. The largest absolute Gasteiger partial charge is 0.462 e. The van der Waals surface area contributed by atoms with Gasteiger partial charge in [0.25, 0.3) is 0 Å². The number of benzene rings is 2. The Morgan fingerprint density at radius 1 is 0.792 bits per heavy atom. The molecule has 0 fully saturated rings. The predicted octanol–water partition coefficient (Wildman–Crippen LogP) is 6.81. The highest BCUT2D eigenvalue weighted by Gasteiger charge is 2.25. The van der Waals surface area contributed by atoms with Crippen molar-refractivity contribution >= 4 is 36.4 Å². The summed E-state index contributed by atoms with van der Waals surface area (Å²) in [5.74, 6) is 0.211. The Labute approximate surface area is 313 Å². The van der Waals surface area contributed by atoms with Crippen LogP contribution in [0.5, 0.6) is 0 Å². The molecular weight excluding hydrogens is 693 g/mol. The molecule has 0 saturated carbocycles. The minimum absolute atomic E-state index is 0.115. The molecule has 0 aliphatic carbocycles. The lowest BCUT2D eigenvalue weighted by Crippen LogP contribution is -2.30. The van der Waals surface area contributed by atoms with Gasteiger partial charge in [0.2, 0.25) is 7.44 Å². The number of rotatable bonds is 23. The van der Waals surface area contributed by atoms with E-state index in [2.05, 4.69) is 52.8 Å². The average molecular weight is 750 g/mol. The molecule has 1 atom stereocenters. The van der Waals surface area contributed by atoms with Crippen molar-refractivity contribution in [2.24, 2.45) is 11.8 Å². The molecule has 0 aliphatic heterocycles. The van der Waals surface area contributed by atoms with E-state index in [0.717, 1.165) is 36.8 Å². The fourth-order valence-electron chi connectivity index (χ4n) is 5.95. The van der Waals surface area contributed by atoms with E-state index in [0.29, 0.717) is 85.6 Å². The number of nitrogens with two attached hydrogens (primary N) is 1. The van der Waals surface area contributed by atoms with Crippen LogP contribution in [0.1, 0.15) is 92.1 Å². The number of fused-ring (bicyclic) bond motifs is 1. The zero-order valence-electron chi connectivity index (χ0n) is 31.8. The second kappa shape index (κ2) is 20.9. The van der Waals surface area contributed by atoms with Crippen LogP contribution in [0, 0.1) is 11.8 Å². The number of nitrogens with zero attached hydrogens (tertiary/aromatic N) is 4. The van der Waals surface area contributed by atoms with Crippen LogP contribution >= 0.6 is 7.44 Å². The van der Waals surface area contributed by atoms with Crippen molar-refractivity contribution in [1.29, 1.82) is 0 Å². The first-order chi connectivity index (χ1) is 25.6. The van der Waals surface area contributed by atoms with E-state index in [1.54, 1.807) is 18.5 Å². The van der Waals surface area contributed by atoms with Crippen molar-refractivity contribution in [3.05, 3.63) is 83.4 Å². The van der Waals surface area contributed by atoms with Crippen molar-refractivity contribution in [1.82, 2.24) is 29.7 Å². The molecule has 0 unspecified atom stereocenters. The van der Waals surface area contributed by atoms with E-state index in [9.17, 15) is 14.2 Å². The van der Waals surface area contributed by atoms with Gasteiger partial charge in [0.1, 0.15) is 18.2 Å². The Hall–Kier alpha value is -4.16. The Balaban J connectivity index is 1.43. The minimum Gasteiger partial charge on any atom is -0.462 e. The number of nitrogens with one attached hydrogen (secondary N) is 2. The Kier molecular flexibility index (Phi) is 16.4. The third-order valence-electron chi connectivity index (χ3n) is 9.63. The van der Waals surface area contributed by atoms with Gasteiger partial charge in [0.05, 0.1) is 43.3 Å². The number of aromatic nitrogens is 4. The van der Waals surface area contributed by atoms with Crippen molar-refractivity contribution in [3.63, 3.8) is 0 Å². The summed E-state index contributed by atoms with van der Waals surface area (Å²) in [6.45, 7) is 12.0. The molecular formula is C39H56N7O6P. The molecule has 4 aromatic rings. The Bertz CT molecular complexity index is 1730. The van der Waals surface area contributed by atoms with Crippen LogP contribution in [0.2, 0.25) is 0 Å². The Morgan fingerprint density at radius 2 is 1.30 bits per heavy atom. The summed E-state index contributed by atoms with van der Waals surface area (Å²) >= 11 is 0. The predicted molar refractivity (Wildman–Crippen MR) is 208 cm³/mol.